The molecule has 0 aliphatic rings. The summed E-state index contributed by atoms with van der Waals surface area (Å²) >= 11 is 5.08. The topological polar surface area (TPSA) is 29.3 Å². The Bertz CT molecular complexity index is 446. The van der Waals surface area contributed by atoms with Gasteiger partial charge in [-0.05, 0) is 24.4 Å². The van der Waals surface area contributed by atoms with E-state index in [0.717, 1.165) is 5.49 Å². The third-order valence-corrected chi connectivity index (χ3v) is 2.09. The van der Waals surface area contributed by atoms with E-state index in [-0.39, 0.29) is 0 Å². The molecule has 0 saturated carbocycles. The Hall–Kier alpha value is -1.68. The van der Waals surface area contributed by atoms with Crippen LogP contribution in [0.1, 0.15) is 0 Å². The van der Waals surface area contributed by atoms with E-state index in [2.05, 4.69) is 23.5 Å². The van der Waals surface area contributed by atoms with Crippen molar-refractivity contribution in [2.75, 3.05) is 6.54 Å². The third-order valence-electron chi connectivity index (χ3n) is 1.86. The van der Waals surface area contributed by atoms with Gasteiger partial charge in [0, 0.05) is 19.3 Å². The predicted octanol–water partition coefficient (Wildman–Crippen LogP) is 1.64. The zero-order valence-electron chi connectivity index (χ0n) is 9.10. The Morgan fingerprint density at radius 3 is 2.94 bits per heavy atom. The fourth-order valence-corrected chi connectivity index (χ4v) is 1.34. The Balaban J connectivity index is 2.92. The summed E-state index contributed by atoms with van der Waals surface area (Å²) in [6.45, 7) is 8.64. The van der Waals surface area contributed by atoms with Crippen LogP contribution in [-0.4, -0.2) is 16.2 Å². The van der Waals surface area contributed by atoms with Crippen molar-refractivity contribution in [1.82, 2.24) is 9.88 Å². The first-order valence-electron chi connectivity index (χ1n) is 4.97. The monoisotopic (exact) mass is 233 g/mol. The zero-order chi connectivity index (χ0) is 11.8. The minimum absolute atomic E-state index is 0.462. The van der Waals surface area contributed by atoms with Gasteiger partial charge < -0.3 is 9.88 Å². The maximum absolute atomic E-state index is 5.08. The molecule has 1 N–H and O–H groups in total. The number of allylic oxidation sites excluding steroid dienone is 1. The summed E-state index contributed by atoms with van der Waals surface area (Å²) in [6.07, 6.45) is 5.50. The van der Waals surface area contributed by atoms with Crippen LogP contribution in [0.4, 0.5) is 0 Å². The van der Waals surface area contributed by atoms with Gasteiger partial charge in [-0.3, -0.25) is 0 Å². The van der Waals surface area contributed by atoms with Crippen molar-refractivity contribution in [1.29, 1.82) is 0 Å². The predicted molar refractivity (Wildman–Crippen MR) is 71.0 cm³/mol. The average molecular weight is 233 g/mol. The van der Waals surface area contributed by atoms with E-state index in [9.17, 15) is 0 Å². The Kier molecular flexibility index (Phi) is 5.22. The maximum Gasteiger partial charge on any atom is 0.194 e. The lowest BCUT2D eigenvalue weighted by atomic mass is 10.4. The lowest BCUT2D eigenvalue weighted by molar-refractivity contribution is 0.763. The van der Waals surface area contributed by atoms with Crippen molar-refractivity contribution >= 4 is 17.3 Å². The lowest BCUT2D eigenvalue weighted by Gasteiger charge is -2.04. The highest BCUT2D eigenvalue weighted by Crippen LogP contribution is 1.84. The number of thiocarbonyl (C=S) groups is 1. The number of aromatic nitrogens is 1. The molecule has 1 aromatic rings. The molecule has 0 spiro atoms. The van der Waals surface area contributed by atoms with Crippen LogP contribution in [0.2, 0.25) is 0 Å². The van der Waals surface area contributed by atoms with Crippen LogP contribution in [0.15, 0.2) is 54.7 Å². The molecule has 0 fully saturated rings. The van der Waals surface area contributed by atoms with Crippen molar-refractivity contribution in [3.63, 3.8) is 0 Å². The van der Waals surface area contributed by atoms with Crippen molar-refractivity contribution in [3.8, 4) is 0 Å². The Labute approximate surface area is 101 Å². The van der Waals surface area contributed by atoms with Crippen LogP contribution in [0.3, 0.4) is 0 Å². The van der Waals surface area contributed by atoms with Gasteiger partial charge in [0.2, 0.25) is 0 Å². The molecule has 4 heteroatoms. The molecule has 1 aromatic heterocycles. The fraction of sp³-hybridized carbons (Fsp3) is 0.167. The van der Waals surface area contributed by atoms with Crippen LogP contribution in [0, 0.1) is 0 Å². The number of pyridine rings is 1. The largest absolute Gasteiger partial charge is 0.357 e. The van der Waals surface area contributed by atoms with E-state index in [1.54, 1.807) is 6.08 Å². The fourth-order valence-electron chi connectivity index (χ4n) is 1.17. The zero-order valence-corrected chi connectivity index (χ0v) is 9.91. The minimum atomic E-state index is 0.462. The second kappa shape index (κ2) is 6.74. The SMILES string of the molecule is C=CCNC(=S)/N=c1/ccccn1CC=C. The summed E-state index contributed by atoms with van der Waals surface area (Å²) in [6, 6.07) is 5.78. The molecule has 0 unspecified atom stereocenters. The van der Waals surface area contributed by atoms with E-state index >= 15 is 0 Å². The van der Waals surface area contributed by atoms with Crippen molar-refractivity contribution < 1.29 is 0 Å². The van der Waals surface area contributed by atoms with Gasteiger partial charge in [0.25, 0.3) is 0 Å². The number of hydrogen-bond donors (Lipinski definition) is 1. The first-order valence-corrected chi connectivity index (χ1v) is 5.38. The van der Waals surface area contributed by atoms with E-state index in [1.807, 2.05) is 35.0 Å². The standard InChI is InChI=1S/C12H15N3S/c1-3-8-13-12(16)14-11-7-5-6-10-15(11)9-4-2/h3-7,10H,1-2,8-9H2,(H,13,16)/b14-11-. The highest BCUT2D eigenvalue weighted by atomic mass is 32.1. The molecule has 0 aliphatic carbocycles. The summed E-state index contributed by atoms with van der Waals surface area (Å²) < 4.78 is 1.97. The molecule has 0 bridgehead atoms. The number of rotatable bonds is 4. The molecule has 0 amide bonds. The molecule has 0 atom stereocenters. The summed E-state index contributed by atoms with van der Waals surface area (Å²) in [5.41, 5.74) is 0.809. The Morgan fingerprint density at radius 1 is 1.44 bits per heavy atom. The molecule has 84 valence electrons. The first-order chi connectivity index (χ1) is 7.77. The highest BCUT2D eigenvalue weighted by Gasteiger charge is 1.92. The van der Waals surface area contributed by atoms with E-state index in [0.29, 0.717) is 18.2 Å². The molecule has 3 nitrogen and oxygen atoms in total. The molecule has 16 heavy (non-hydrogen) atoms. The molecular weight excluding hydrogens is 218 g/mol. The van der Waals surface area contributed by atoms with Gasteiger partial charge in [-0.15, -0.1) is 13.2 Å². The first kappa shape index (κ1) is 12.4. The van der Waals surface area contributed by atoms with E-state index < -0.39 is 0 Å². The molecule has 1 rings (SSSR count). The van der Waals surface area contributed by atoms with Crippen LogP contribution in [0.25, 0.3) is 0 Å². The van der Waals surface area contributed by atoms with Gasteiger partial charge in [-0.25, -0.2) is 4.99 Å². The number of nitrogens with one attached hydrogen (secondary N) is 1. The molecule has 0 saturated heterocycles. The van der Waals surface area contributed by atoms with Crippen LogP contribution < -0.4 is 10.8 Å². The summed E-state index contributed by atoms with van der Waals surface area (Å²) in [5, 5.41) is 3.42. The van der Waals surface area contributed by atoms with E-state index in [4.69, 9.17) is 12.2 Å². The van der Waals surface area contributed by atoms with Gasteiger partial charge in [0.05, 0.1) is 0 Å². The van der Waals surface area contributed by atoms with Gasteiger partial charge in [-0.2, -0.15) is 0 Å². The molecule has 0 aliphatic heterocycles. The third kappa shape index (κ3) is 3.82. The van der Waals surface area contributed by atoms with Gasteiger partial charge in [-0.1, -0.05) is 18.2 Å². The lowest BCUT2D eigenvalue weighted by Crippen LogP contribution is -2.26. The smallest absolute Gasteiger partial charge is 0.194 e. The van der Waals surface area contributed by atoms with Crippen LogP contribution >= 0.6 is 12.2 Å². The summed E-state index contributed by atoms with van der Waals surface area (Å²) in [5.74, 6) is 0. The quantitative estimate of drug-likeness (QED) is 0.633. The summed E-state index contributed by atoms with van der Waals surface area (Å²) in [4.78, 5) is 4.30. The van der Waals surface area contributed by atoms with Crippen LogP contribution in [0.5, 0.6) is 0 Å². The van der Waals surface area contributed by atoms with Gasteiger partial charge in [0.1, 0.15) is 5.49 Å². The molecular formula is C12H15N3S. The van der Waals surface area contributed by atoms with Crippen molar-refractivity contribution in [2.45, 2.75) is 6.54 Å². The number of hydrogen-bond acceptors (Lipinski definition) is 1. The van der Waals surface area contributed by atoms with Gasteiger partial charge >= 0.3 is 0 Å². The average Bonchev–Trinajstić information content (AvgIpc) is 2.29. The Morgan fingerprint density at radius 2 is 2.25 bits per heavy atom. The molecule has 0 aromatic carbocycles. The molecule has 0 radical (unpaired) electrons. The van der Waals surface area contributed by atoms with E-state index in [1.165, 1.54) is 0 Å². The van der Waals surface area contributed by atoms with Crippen molar-refractivity contribution in [2.24, 2.45) is 4.99 Å². The van der Waals surface area contributed by atoms with Gasteiger partial charge in [0.15, 0.2) is 5.11 Å². The summed E-state index contributed by atoms with van der Waals surface area (Å²) in [7, 11) is 0. The normalized spacial score (nSPS) is 10.9. The maximum atomic E-state index is 5.08. The van der Waals surface area contributed by atoms with Crippen LogP contribution in [-0.2, 0) is 6.54 Å². The second-order valence-electron chi connectivity index (χ2n) is 3.09. The molecule has 1 heterocycles. The number of nitrogens with zero attached hydrogens (tertiary/aromatic N) is 2. The van der Waals surface area contributed by atoms with Crippen molar-refractivity contribution in [3.05, 3.63) is 55.2 Å². The highest BCUT2D eigenvalue weighted by molar-refractivity contribution is 7.80. The second-order valence-corrected chi connectivity index (χ2v) is 3.47. The minimum Gasteiger partial charge on any atom is -0.357 e.